The number of Topliss-reactive ketones (excluding diaryl/α,β-unsaturated/α-hetero) is 1. The van der Waals surface area contributed by atoms with Gasteiger partial charge in [-0.25, -0.2) is 0 Å². The lowest BCUT2D eigenvalue weighted by molar-refractivity contribution is -0.120. The van der Waals surface area contributed by atoms with E-state index in [2.05, 4.69) is 6.92 Å². The average molecular weight is 282 g/mol. The Kier molecular flexibility index (Phi) is 5.56. The summed E-state index contributed by atoms with van der Waals surface area (Å²) in [6.07, 6.45) is 1.70. The summed E-state index contributed by atoms with van der Waals surface area (Å²) in [7, 11) is 0. The molecule has 0 spiro atoms. The molecule has 0 bridgehead atoms. The van der Waals surface area contributed by atoms with Crippen LogP contribution < -0.4 is 4.74 Å². The highest BCUT2D eigenvalue weighted by Crippen LogP contribution is 2.18. The van der Waals surface area contributed by atoms with Crippen molar-refractivity contribution in [3.63, 3.8) is 0 Å². The molecule has 2 aromatic carbocycles. The Bertz CT molecular complexity index is 558. The molecule has 0 amide bonds. The van der Waals surface area contributed by atoms with Gasteiger partial charge in [0.2, 0.25) is 0 Å². The topological polar surface area (TPSA) is 26.3 Å². The van der Waals surface area contributed by atoms with E-state index in [9.17, 15) is 4.79 Å². The molecule has 1 unspecified atom stereocenters. The third-order valence-corrected chi connectivity index (χ3v) is 3.72. The predicted molar refractivity (Wildman–Crippen MR) is 85.4 cm³/mol. The van der Waals surface area contributed by atoms with Crippen LogP contribution in [0.25, 0.3) is 0 Å². The van der Waals surface area contributed by atoms with Crippen molar-refractivity contribution in [2.45, 2.75) is 33.3 Å². The minimum absolute atomic E-state index is 0.126. The van der Waals surface area contributed by atoms with Crippen LogP contribution in [0.2, 0.25) is 0 Å². The quantitative estimate of drug-likeness (QED) is 0.751. The normalized spacial score (nSPS) is 11.9. The van der Waals surface area contributed by atoms with Crippen LogP contribution in [0, 0.1) is 5.92 Å². The molecule has 1 atom stereocenters. The van der Waals surface area contributed by atoms with E-state index in [1.807, 2.05) is 54.6 Å². The third-order valence-electron chi connectivity index (χ3n) is 3.72. The Balaban J connectivity index is 1.91. The van der Waals surface area contributed by atoms with Gasteiger partial charge in [-0.3, -0.25) is 4.79 Å². The van der Waals surface area contributed by atoms with Gasteiger partial charge in [-0.2, -0.15) is 0 Å². The third kappa shape index (κ3) is 4.75. The van der Waals surface area contributed by atoms with E-state index in [4.69, 9.17) is 4.74 Å². The van der Waals surface area contributed by atoms with Gasteiger partial charge < -0.3 is 4.74 Å². The van der Waals surface area contributed by atoms with Crippen LogP contribution in [0.1, 0.15) is 31.4 Å². The highest BCUT2D eigenvalue weighted by molar-refractivity contribution is 5.78. The van der Waals surface area contributed by atoms with E-state index >= 15 is 0 Å². The largest absolute Gasteiger partial charge is 0.489 e. The van der Waals surface area contributed by atoms with Gasteiger partial charge in [0.05, 0.1) is 0 Å². The van der Waals surface area contributed by atoms with E-state index < -0.39 is 0 Å². The Hall–Kier alpha value is -2.09. The van der Waals surface area contributed by atoms with Gasteiger partial charge >= 0.3 is 0 Å². The molecule has 21 heavy (non-hydrogen) atoms. The van der Waals surface area contributed by atoms with E-state index in [0.29, 0.717) is 6.61 Å². The summed E-state index contributed by atoms with van der Waals surface area (Å²) < 4.78 is 5.76. The van der Waals surface area contributed by atoms with Crippen molar-refractivity contribution in [2.75, 3.05) is 0 Å². The van der Waals surface area contributed by atoms with Gasteiger partial charge in [0.1, 0.15) is 18.1 Å². The van der Waals surface area contributed by atoms with Crippen molar-refractivity contribution in [3.05, 3.63) is 65.7 Å². The number of rotatable bonds is 7. The number of hydrogen-bond donors (Lipinski definition) is 0. The van der Waals surface area contributed by atoms with Gasteiger partial charge in [0.15, 0.2) is 0 Å². The van der Waals surface area contributed by atoms with E-state index in [-0.39, 0.29) is 11.7 Å². The molecule has 0 aliphatic rings. The summed E-state index contributed by atoms with van der Waals surface area (Å²) in [4.78, 5) is 11.5. The van der Waals surface area contributed by atoms with E-state index in [1.54, 1.807) is 6.92 Å². The van der Waals surface area contributed by atoms with Crippen molar-refractivity contribution in [2.24, 2.45) is 5.92 Å². The van der Waals surface area contributed by atoms with Crippen LogP contribution in [0.3, 0.4) is 0 Å². The molecule has 0 saturated carbocycles. The fourth-order valence-corrected chi connectivity index (χ4v) is 2.32. The first-order valence-corrected chi connectivity index (χ1v) is 7.45. The smallest absolute Gasteiger partial charge is 0.133 e. The lowest BCUT2D eigenvalue weighted by atomic mass is 9.94. The predicted octanol–water partition coefficient (Wildman–Crippen LogP) is 4.42. The van der Waals surface area contributed by atoms with Crippen molar-refractivity contribution in [1.29, 1.82) is 0 Å². The van der Waals surface area contributed by atoms with E-state index in [1.165, 1.54) is 5.56 Å². The molecule has 0 fully saturated rings. The molecule has 0 heterocycles. The molecule has 2 nitrogen and oxygen atoms in total. The molecule has 0 aliphatic heterocycles. The van der Waals surface area contributed by atoms with E-state index in [0.717, 1.165) is 24.2 Å². The fourth-order valence-electron chi connectivity index (χ4n) is 2.32. The van der Waals surface area contributed by atoms with Crippen molar-refractivity contribution < 1.29 is 9.53 Å². The Labute approximate surface area is 126 Å². The zero-order chi connectivity index (χ0) is 15.1. The van der Waals surface area contributed by atoms with Crippen molar-refractivity contribution in [3.8, 4) is 5.75 Å². The van der Waals surface area contributed by atoms with Crippen LogP contribution >= 0.6 is 0 Å². The van der Waals surface area contributed by atoms with Crippen LogP contribution in [0.5, 0.6) is 5.75 Å². The molecule has 2 heteroatoms. The van der Waals surface area contributed by atoms with Gasteiger partial charge in [0, 0.05) is 5.92 Å². The van der Waals surface area contributed by atoms with Crippen LogP contribution in [-0.2, 0) is 17.8 Å². The Morgan fingerprint density at radius 2 is 1.67 bits per heavy atom. The first-order valence-electron chi connectivity index (χ1n) is 7.45. The standard InChI is InChI=1S/C19H22O2/c1-3-18(15(2)20)13-16-9-11-19(12-10-16)21-14-17-7-5-4-6-8-17/h4-12,18H,3,13-14H2,1-2H3. The monoisotopic (exact) mass is 282 g/mol. The molecule has 0 saturated heterocycles. The first-order chi connectivity index (χ1) is 10.2. The first kappa shape index (κ1) is 15.3. The number of ketones is 1. The second-order valence-corrected chi connectivity index (χ2v) is 5.34. The molecule has 2 aromatic rings. The van der Waals surface area contributed by atoms with Crippen molar-refractivity contribution >= 4 is 5.78 Å². The SMILES string of the molecule is CCC(Cc1ccc(OCc2ccccc2)cc1)C(C)=O. The number of benzene rings is 2. The lowest BCUT2D eigenvalue weighted by Gasteiger charge is -2.12. The molecule has 0 aromatic heterocycles. The zero-order valence-electron chi connectivity index (χ0n) is 12.7. The maximum Gasteiger partial charge on any atom is 0.133 e. The summed E-state index contributed by atoms with van der Waals surface area (Å²) in [6, 6.07) is 18.2. The number of carbonyl (C=O) groups excluding carboxylic acids is 1. The molecule has 0 radical (unpaired) electrons. The van der Waals surface area contributed by atoms with Gasteiger partial charge in [0.25, 0.3) is 0 Å². The Morgan fingerprint density at radius 3 is 2.24 bits per heavy atom. The molecular formula is C19H22O2. The van der Waals surface area contributed by atoms with Crippen LogP contribution in [-0.4, -0.2) is 5.78 Å². The molecule has 0 aliphatic carbocycles. The molecule has 110 valence electrons. The number of carbonyl (C=O) groups is 1. The van der Waals surface area contributed by atoms with Gasteiger partial charge in [-0.1, -0.05) is 49.4 Å². The highest BCUT2D eigenvalue weighted by atomic mass is 16.5. The minimum atomic E-state index is 0.126. The molecule has 0 N–H and O–H groups in total. The van der Waals surface area contributed by atoms with Crippen molar-refractivity contribution in [1.82, 2.24) is 0 Å². The molecular weight excluding hydrogens is 260 g/mol. The summed E-state index contributed by atoms with van der Waals surface area (Å²) in [5.41, 5.74) is 2.34. The second kappa shape index (κ2) is 7.63. The maximum absolute atomic E-state index is 11.5. The maximum atomic E-state index is 11.5. The van der Waals surface area contributed by atoms with Crippen LogP contribution in [0.15, 0.2) is 54.6 Å². The summed E-state index contributed by atoms with van der Waals surface area (Å²) >= 11 is 0. The molecule has 2 rings (SSSR count). The number of ether oxygens (including phenoxy) is 1. The Morgan fingerprint density at radius 1 is 1.00 bits per heavy atom. The minimum Gasteiger partial charge on any atom is -0.489 e. The lowest BCUT2D eigenvalue weighted by Crippen LogP contribution is -2.12. The summed E-state index contributed by atoms with van der Waals surface area (Å²) in [6.45, 7) is 4.31. The zero-order valence-corrected chi connectivity index (χ0v) is 12.7. The van der Waals surface area contributed by atoms with Gasteiger partial charge in [-0.05, 0) is 43.0 Å². The van der Waals surface area contributed by atoms with Crippen LogP contribution in [0.4, 0.5) is 0 Å². The van der Waals surface area contributed by atoms with Gasteiger partial charge in [-0.15, -0.1) is 0 Å². The average Bonchev–Trinajstić information content (AvgIpc) is 2.52. The summed E-state index contributed by atoms with van der Waals surface area (Å²) in [5, 5.41) is 0. The highest BCUT2D eigenvalue weighted by Gasteiger charge is 2.12. The second-order valence-electron chi connectivity index (χ2n) is 5.34. The number of hydrogen-bond acceptors (Lipinski definition) is 2. The fraction of sp³-hybridized carbons (Fsp3) is 0.316. The summed E-state index contributed by atoms with van der Waals surface area (Å²) in [5.74, 6) is 1.25.